The fourth-order valence-electron chi connectivity index (χ4n) is 4.95. The Balaban J connectivity index is 1.79. The Morgan fingerprint density at radius 1 is 1.33 bits per heavy atom. The maximum atomic E-state index is 13.5. The molecule has 2 aliphatic rings. The summed E-state index contributed by atoms with van der Waals surface area (Å²) in [6, 6.07) is 7.32. The number of hydrogen-bond donors (Lipinski definition) is 3. The lowest BCUT2D eigenvalue weighted by Crippen LogP contribution is -2.45. The molecule has 3 aromatic rings. The van der Waals surface area contributed by atoms with E-state index in [-0.39, 0.29) is 55.4 Å². The third kappa shape index (κ3) is 3.31. The zero-order valence-corrected chi connectivity index (χ0v) is 19.8. The largest absolute Gasteiger partial charge is 0.458 e. The number of para-hydroxylation sites is 1. The van der Waals surface area contributed by atoms with Gasteiger partial charge in [0.05, 0.1) is 54.1 Å². The number of benzene rings is 1. The molecular weight excluding hydrogens is 466 g/mol. The maximum Gasteiger partial charge on any atom is 0.343 e. The zero-order chi connectivity index (χ0) is 25.8. The van der Waals surface area contributed by atoms with Gasteiger partial charge >= 0.3 is 5.97 Å². The Bertz CT molecular complexity index is 1530. The minimum Gasteiger partial charge on any atom is -0.458 e. The first-order valence-corrected chi connectivity index (χ1v) is 11.5. The van der Waals surface area contributed by atoms with Crippen LogP contribution in [-0.4, -0.2) is 56.0 Å². The Labute approximate surface area is 205 Å². The van der Waals surface area contributed by atoms with E-state index in [1.54, 1.807) is 13.0 Å². The number of pyridine rings is 2. The number of ether oxygens (including phenoxy) is 1. The molecule has 4 heterocycles. The van der Waals surface area contributed by atoms with Gasteiger partial charge in [0, 0.05) is 29.0 Å². The number of aromatic nitrogens is 2. The highest BCUT2D eigenvalue weighted by atomic mass is 16.6. The predicted molar refractivity (Wildman–Crippen MR) is 131 cm³/mol. The van der Waals surface area contributed by atoms with Crippen LogP contribution in [-0.2, 0) is 33.1 Å². The maximum absolute atomic E-state index is 13.5. The van der Waals surface area contributed by atoms with Crippen molar-refractivity contribution in [2.75, 3.05) is 18.9 Å². The van der Waals surface area contributed by atoms with Crippen molar-refractivity contribution >= 4 is 34.7 Å². The van der Waals surface area contributed by atoms with Gasteiger partial charge in [0.15, 0.2) is 5.60 Å². The van der Waals surface area contributed by atoms with Gasteiger partial charge in [0.2, 0.25) is 5.91 Å². The zero-order valence-electron chi connectivity index (χ0n) is 19.8. The van der Waals surface area contributed by atoms with E-state index in [1.807, 2.05) is 18.2 Å². The van der Waals surface area contributed by atoms with Gasteiger partial charge < -0.3 is 25.3 Å². The number of anilines is 1. The predicted octanol–water partition coefficient (Wildman–Crippen LogP) is 0.837. The van der Waals surface area contributed by atoms with Crippen LogP contribution in [0.1, 0.15) is 42.5 Å². The van der Waals surface area contributed by atoms with Crippen LogP contribution in [0, 0.1) is 0 Å². The molecule has 1 aromatic carbocycles. The summed E-state index contributed by atoms with van der Waals surface area (Å²) < 4.78 is 6.59. The molecular formula is C25H25N5O6. The average molecular weight is 492 g/mol. The molecule has 11 nitrogen and oxygen atoms in total. The number of hydrazone groups is 1. The number of aliphatic hydroxyl groups excluding tert-OH is 1. The number of aliphatic hydroxyl groups is 2. The molecule has 0 saturated carbocycles. The smallest absolute Gasteiger partial charge is 0.343 e. The molecule has 0 radical (unpaired) electrons. The second-order valence-corrected chi connectivity index (χ2v) is 8.78. The summed E-state index contributed by atoms with van der Waals surface area (Å²) in [7, 11) is 0. The van der Waals surface area contributed by atoms with Gasteiger partial charge in [-0.05, 0) is 12.5 Å². The molecule has 0 bridgehead atoms. The van der Waals surface area contributed by atoms with Crippen LogP contribution in [0.5, 0.6) is 0 Å². The van der Waals surface area contributed by atoms with Crippen LogP contribution < -0.4 is 11.3 Å². The molecule has 186 valence electrons. The molecule has 11 heteroatoms. The summed E-state index contributed by atoms with van der Waals surface area (Å²) in [5.74, 6) is -1.19. The summed E-state index contributed by atoms with van der Waals surface area (Å²) >= 11 is 0. The van der Waals surface area contributed by atoms with E-state index in [9.17, 15) is 24.6 Å². The van der Waals surface area contributed by atoms with Crippen molar-refractivity contribution in [3.8, 4) is 11.4 Å². The lowest BCUT2D eigenvalue weighted by molar-refractivity contribution is -0.172. The minimum atomic E-state index is -2.04. The number of hydrogen-bond acceptors (Lipinski definition) is 9. The summed E-state index contributed by atoms with van der Waals surface area (Å²) in [4.78, 5) is 42.8. The number of nitrogens with zero attached hydrogens (tertiary/aromatic N) is 4. The fraction of sp³-hybridized carbons (Fsp3) is 0.320. The summed E-state index contributed by atoms with van der Waals surface area (Å²) in [5.41, 5.74) is 7.05. The number of cyclic esters (lactones) is 1. The van der Waals surface area contributed by atoms with Gasteiger partial charge in [-0.1, -0.05) is 25.1 Å². The normalized spacial score (nSPS) is 18.2. The Hall–Kier alpha value is -4.09. The van der Waals surface area contributed by atoms with Crippen LogP contribution in [0.2, 0.25) is 0 Å². The van der Waals surface area contributed by atoms with Gasteiger partial charge in [-0.25, -0.2) is 14.8 Å². The average Bonchev–Trinajstić information content (AvgIpc) is 3.25. The second-order valence-electron chi connectivity index (χ2n) is 8.78. The number of amides is 1. The summed E-state index contributed by atoms with van der Waals surface area (Å²) in [6.45, 7) is 2.58. The standard InChI is InChI=1S/C25H25N5O6/c1-3-25(35)19-17(12-36-24(25)34)23(33)29-11-16-15(10-27-30(8-9-31)13(2)32)14-6-4-5-7-18(14)28-21(16)22(29)20(19)26/h4-7,10,31,35H,3,8-9,11-12,26H2,1-2H3/b27-10+/t25-/m0/s1. The quantitative estimate of drug-likeness (QED) is 0.210. The SMILES string of the molecule is CC[C@@]1(O)C(=O)OCc2c1c(N)c1n(c2=O)Cc2c-1nc1ccccc1c2/C=N/N(CCO)C(C)=O. The van der Waals surface area contributed by atoms with E-state index in [1.165, 1.54) is 17.7 Å². The van der Waals surface area contributed by atoms with Crippen molar-refractivity contribution in [3.63, 3.8) is 0 Å². The third-order valence-electron chi connectivity index (χ3n) is 6.79. The Morgan fingerprint density at radius 2 is 2.08 bits per heavy atom. The molecule has 4 N–H and O–H groups in total. The van der Waals surface area contributed by atoms with Crippen LogP contribution in [0.3, 0.4) is 0 Å². The highest BCUT2D eigenvalue weighted by Gasteiger charge is 2.47. The van der Waals surface area contributed by atoms with Crippen LogP contribution in [0.25, 0.3) is 22.3 Å². The van der Waals surface area contributed by atoms with Gasteiger partial charge in [-0.2, -0.15) is 5.10 Å². The molecule has 0 spiro atoms. The number of esters is 1. The van der Waals surface area contributed by atoms with Crippen LogP contribution in [0.4, 0.5) is 5.69 Å². The number of carbonyl (C=O) groups excluding carboxylic acids is 2. The molecule has 0 aliphatic carbocycles. The Kier molecular flexibility index (Phi) is 5.61. The number of rotatable bonds is 5. The lowest BCUT2D eigenvalue weighted by Gasteiger charge is -2.33. The summed E-state index contributed by atoms with van der Waals surface area (Å²) in [5, 5.41) is 26.6. The number of carbonyl (C=O) groups is 2. The Morgan fingerprint density at radius 3 is 2.78 bits per heavy atom. The number of fused-ring (bicyclic) bond motifs is 5. The molecule has 2 aliphatic heterocycles. The van der Waals surface area contributed by atoms with Crippen LogP contribution >= 0.6 is 0 Å². The van der Waals surface area contributed by atoms with Crippen LogP contribution in [0.15, 0.2) is 34.2 Å². The number of nitrogen functional groups attached to an aromatic ring is 1. The third-order valence-corrected chi connectivity index (χ3v) is 6.79. The van der Waals surface area contributed by atoms with E-state index >= 15 is 0 Å². The van der Waals surface area contributed by atoms with Crippen molar-refractivity contribution in [1.29, 1.82) is 0 Å². The van der Waals surface area contributed by atoms with Gasteiger partial charge in [0.1, 0.15) is 6.61 Å². The van der Waals surface area contributed by atoms with Crippen molar-refractivity contribution in [2.45, 2.75) is 39.0 Å². The first-order chi connectivity index (χ1) is 17.2. The van der Waals surface area contributed by atoms with E-state index < -0.39 is 17.1 Å². The first kappa shape index (κ1) is 23.6. The molecule has 0 fully saturated rings. The molecule has 0 unspecified atom stereocenters. The minimum absolute atomic E-state index is 0.0203. The lowest BCUT2D eigenvalue weighted by atomic mass is 9.84. The van der Waals surface area contributed by atoms with Crippen molar-refractivity contribution < 1.29 is 24.5 Å². The molecule has 0 saturated heterocycles. The van der Waals surface area contributed by atoms with Gasteiger partial charge in [0.25, 0.3) is 5.56 Å². The van der Waals surface area contributed by atoms with Gasteiger partial charge in [-0.15, -0.1) is 0 Å². The summed E-state index contributed by atoms with van der Waals surface area (Å²) in [6.07, 6.45) is 1.50. The van der Waals surface area contributed by atoms with E-state index in [4.69, 9.17) is 15.5 Å². The highest BCUT2D eigenvalue weighted by Crippen LogP contribution is 2.44. The van der Waals surface area contributed by atoms with E-state index in [0.29, 0.717) is 28.0 Å². The molecule has 36 heavy (non-hydrogen) atoms. The topological polar surface area (TPSA) is 160 Å². The number of nitrogens with two attached hydrogens (primary N) is 1. The monoisotopic (exact) mass is 491 g/mol. The van der Waals surface area contributed by atoms with Crippen molar-refractivity contribution in [3.05, 3.63) is 56.9 Å². The molecule has 1 amide bonds. The van der Waals surface area contributed by atoms with E-state index in [0.717, 1.165) is 10.4 Å². The van der Waals surface area contributed by atoms with Crippen molar-refractivity contribution in [1.82, 2.24) is 14.6 Å². The van der Waals surface area contributed by atoms with Crippen molar-refractivity contribution in [2.24, 2.45) is 5.10 Å². The first-order valence-electron chi connectivity index (χ1n) is 11.5. The second kappa shape index (κ2) is 8.54. The van der Waals surface area contributed by atoms with Gasteiger partial charge in [-0.3, -0.25) is 9.59 Å². The fourth-order valence-corrected chi connectivity index (χ4v) is 4.95. The van der Waals surface area contributed by atoms with E-state index in [2.05, 4.69) is 5.10 Å². The molecule has 5 rings (SSSR count). The molecule has 1 atom stereocenters. The highest BCUT2D eigenvalue weighted by molar-refractivity contribution is 6.03. The molecule has 2 aromatic heterocycles.